The number of nitrogens with zero attached hydrogens (tertiary/aromatic N) is 3. The Labute approximate surface area is 184 Å². The first kappa shape index (κ1) is 20.0. The van der Waals surface area contributed by atoms with E-state index in [4.69, 9.17) is 4.42 Å². The van der Waals surface area contributed by atoms with E-state index in [0.29, 0.717) is 24.4 Å². The number of aryl methyl sites for hydroxylation is 1. The number of likely N-dealkylation sites (tertiary alicyclic amines) is 1. The van der Waals surface area contributed by atoms with Crippen molar-refractivity contribution in [2.75, 3.05) is 13.1 Å². The van der Waals surface area contributed by atoms with Crippen molar-refractivity contribution in [3.63, 3.8) is 0 Å². The highest BCUT2D eigenvalue weighted by atomic mass is 32.1. The third kappa shape index (κ3) is 3.88. The Hall–Kier alpha value is -2.97. The van der Waals surface area contributed by atoms with Gasteiger partial charge in [0.1, 0.15) is 11.3 Å². The first-order valence-electron chi connectivity index (χ1n) is 10.4. The van der Waals surface area contributed by atoms with E-state index in [9.17, 15) is 9.59 Å². The lowest BCUT2D eigenvalue weighted by Gasteiger charge is -2.38. The number of aromatic nitrogens is 1. The first-order chi connectivity index (χ1) is 15.0. The van der Waals surface area contributed by atoms with E-state index in [2.05, 4.69) is 27.3 Å². The van der Waals surface area contributed by atoms with E-state index in [1.807, 2.05) is 42.6 Å². The number of thiazole rings is 1. The molecule has 2 aliphatic rings. The normalized spacial score (nSPS) is 21.8. The summed E-state index contributed by atoms with van der Waals surface area (Å²) < 4.78 is 5.63. The molecule has 2 aliphatic heterocycles. The van der Waals surface area contributed by atoms with Gasteiger partial charge in [0.2, 0.25) is 0 Å². The average molecular weight is 437 g/mol. The Kier molecular flexibility index (Phi) is 5.11. The van der Waals surface area contributed by atoms with Crippen molar-refractivity contribution >= 4 is 23.3 Å². The monoisotopic (exact) mass is 436 g/mol. The molecule has 1 N–H and O–H groups in total. The van der Waals surface area contributed by atoms with Crippen LogP contribution in [0.1, 0.15) is 29.9 Å². The lowest BCUT2D eigenvalue weighted by atomic mass is 9.88. The van der Waals surface area contributed by atoms with Gasteiger partial charge in [-0.1, -0.05) is 30.3 Å². The molecular formula is C23H24N4O3S. The summed E-state index contributed by atoms with van der Waals surface area (Å²) in [6.45, 7) is 4.26. The number of carbonyl (C=O) groups excluding carboxylic acids is 2. The summed E-state index contributed by atoms with van der Waals surface area (Å²) in [5.74, 6) is 1.37. The summed E-state index contributed by atoms with van der Waals surface area (Å²) in [7, 11) is 0. The molecule has 1 atom stereocenters. The quantitative estimate of drug-likeness (QED) is 0.616. The molecule has 1 unspecified atom stereocenters. The molecule has 1 spiro atoms. The Balaban J connectivity index is 1.29. The van der Waals surface area contributed by atoms with Gasteiger partial charge in [0.05, 0.1) is 12.2 Å². The van der Waals surface area contributed by atoms with Gasteiger partial charge in [-0.25, -0.2) is 9.78 Å². The summed E-state index contributed by atoms with van der Waals surface area (Å²) in [6.07, 6.45) is 1.53. The van der Waals surface area contributed by atoms with E-state index in [0.717, 1.165) is 30.3 Å². The molecule has 0 radical (unpaired) electrons. The number of hydrogen-bond donors (Lipinski definition) is 1. The fourth-order valence-electron chi connectivity index (χ4n) is 4.42. The highest BCUT2D eigenvalue weighted by Gasteiger charge is 2.53. The van der Waals surface area contributed by atoms with Crippen LogP contribution in [-0.4, -0.2) is 45.4 Å². The van der Waals surface area contributed by atoms with Crippen molar-refractivity contribution < 1.29 is 14.0 Å². The van der Waals surface area contributed by atoms with Crippen LogP contribution in [0, 0.1) is 6.92 Å². The number of nitrogens with one attached hydrogen (secondary N) is 1. The number of furan rings is 1. The van der Waals surface area contributed by atoms with Crippen molar-refractivity contribution in [2.24, 2.45) is 0 Å². The fourth-order valence-corrected chi connectivity index (χ4v) is 5.19. The molecule has 31 heavy (non-hydrogen) atoms. The minimum Gasteiger partial charge on any atom is -0.459 e. The first-order valence-corrected chi connectivity index (χ1v) is 11.3. The number of piperidine rings is 1. The number of benzene rings is 1. The smallest absolute Gasteiger partial charge is 0.325 e. The number of imide groups is 1. The standard InChI is InChI=1S/C23H24N4O3S/c1-16-8-9-19(30-16)20-24-18(14-31-20)13-27-21(28)23(25-22(27)29)10-5-11-26(15-23)12-17-6-3-2-4-7-17/h2-4,6-9,14H,5,10-13,15H2,1H3,(H,25,29). The van der Waals surface area contributed by atoms with Gasteiger partial charge in [-0.05, 0) is 44.0 Å². The summed E-state index contributed by atoms with van der Waals surface area (Å²) in [6, 6.07) is 13.6. The van der Waals surface area contributed by atoms with Crippen LogP contribution < -0.4 is 5.32 Å². The van der Waals surface area contributed by atoms with Gasteiger partial charge >= 0.3 is 6.03 Å². The number of amides is 3. The number of carbonyl (C=O) groups is 2. The maximum atomic E-state index is 13.3. The zero-order valence-electron chi connectivity index (χ0n) is 17.3. The highest BCUT2D eigenvalue weighted by molar-refractivity contribution is 7.13. The van der Waals surface area contributed by atoms with E-state index >= 15 is 0 Å². The second-order valence-corrected chi connectivity index (χ2v) is 9.12. The van der Waals surface area contributed by atoms with Crippen LogP contribution in [0.5, 0.6) is 0 Å². The van der Waals surface area contributed by atoms with Crippen molar-refractivity contribution in [1.82, 2.24) is 20.1 Å². The highest BCUT2D eigenvalue weighted by Crippen LogP contribution is 2.31. The van der Waals surface area contributed by atoms with Gasteiger partial charge in [0.25, 0.3) is 5.91 Å². The maximum absolute atomic E-state index is 13.3. The van der Waals surface area contributed by atoms with Gasteiger partial charge in [-0.2, -0.15) is 0 Å². The van der Waals surface area contributed by atoms with E-state index in [1.165, 1.54) is 21.8 Å². The van der Waals surface area contributed by atoms with Crippen LogP contribution >= 0.6 is 11.3 Å². The van der Waals surface area contributed by atoms with Crippen molar-refractivity contribution in [2.45, 2.75) is 38.4 Å². The Morgan fingerprint density at radius 1 is 1.16 bits per heavy atom. The van der Waals surface area contributed by atoms with Gasteiger partial charge < -0.3 is 9.73 Å². The molecule has 8 heteroatoms. The van der Waals surface area contributed by atoms with Crippen molar-refractivity contribution in [1.29, 1.82) is 0 Å². The molecule has 3 aromatic rings. The Bertz CT molecular complexity index is 1110. The lowest BCUT2D eigenvalue weighted by molar-refractivity contribution is -0.133. The molecule has 4 heterocycles. The minimum atomic E-state index is -0.846. The summed E-state index contributed by atoms with van der Waals surface area (Å²) in [5, 5.41) is 5.62. The largest absolute Gasteiger partial charge is 0.459 e. The van der Waals surface area contributed by atoms with Gasteiger partial charge in [-0.3, -0.25) is 14.6 Å². The molecule has 1 aromatic carbocycles. The van der Waals surface area contributed by atoms with Gasteiger partial charge in [-0.15, -0.1) is 11.3 Å². The lowest BCUT2D eigenvalue weighted by Crippen LogP contribution is -2.58. The number of hydrogen-bond acceptors (Lipinski definition) is 6. The van der Waals surface area contributed by atoms with Crippen LogP contribution in [0.25, 0.3) is 10.8 Å². The zero-order valence-corrected chi connectivity index (χ0v) is 18.2. The summed E-state index contributed by atoms with van der Waals surface area (Å²) >= 11 is 1.45. The van der Waals surface area contributed by atoms with E-state index in [1.54, 1.807) is 0 Å². The Morgan fingerprint density at radius 3 is 2.77 bits per heavy atom. The molecule has 0 bridgehead atoms. The third-order valence-electron chi connectivity index (χ3n) is 5.89. The van der Waals surface area contributed by atoms with Crippen LogP contribution in [0.3, 0.4) is 0 Å². The third-order valence-corrected chi connectivity index (χ3v) is 6.79. The van der Waals surface area contributed by atoms with Gasteiger partial charge in [0.15, 0.2) is 10.8 Å². The average Bonchev–Trinajstić information content (AvgIpc) is 3.45. The second-order valence-electron chi connectivity index (χ2n) is 8.26. The molecule has 2 fully saturated rings. The maximum Gasteiger partial charge on any atom is 0.325 e. The van der Waals surface area contributed by atoms with Crippen molar-refractivity contribution in [3.8, 4) is 10.8 Å². The fraction of sp³-hybridized carbons (Fsp3) is 0.348. The molecule has 5 rings (SSSR count). The molecule has 2 saturated heterocycles. The predicted molar refractivity (Wildman–Crippen MR) is 117 cm³/mol. The van der Waals surface area contributed by atoms with E-state index < -0.39 is 5.54 Å². The molecule has 7 nitrogen and oxygen atoms in total. The SMILES string of the molecule is Cc1ccc(-c2nc(CN3C(=O)NC4(CCCN(Cc5ccccc5)C4)C3=O)cs2)o1. The minimum absolute atomic E-state index is 0.154. The molecule has 3 amide bonds. The summed E-state index contributed by atoms with van der Waals surface area (Å²) in [5.41, 5.74) is 1.05. The molecular weight excluding hydrogens is 412 g/mol. The van der Waals surface area contributed by atoms with E-state index in [-0.39, 0.29) is 18.5 Å². The summed E-state index contributed by atoms with van der Waals surface area (Å²) in [4.78, 5) is 34.2. The van der Waals surface area contributed by atoms with Crippen molar-refractivity contribution in [3.05, 3.63) is 64.9 Å². The Morgan fingerprint density at radius 2 is 2.00 bits per heavy atom. The zero-order chi connectivity index (χ0) is 21.4. The molecule has 0 saturated carbocycles. The predicted octanol–water partition coefficient (Wildman–Crippen LogP) is 3.80. The number of rotatable bonds is 5. The van der Waals surface area contributed by atoms with Gasteiger partial charge in [0, 0.05) is 18.5 Å². The number of urea groups is 1. The van der Waals surface area contributed by atoms with Crippen LogP contribution in [0.15, 0.2) is 52.3 Å². The molecule has 2 aromatic heterocycles. The van der Waals surface area contributed by atoms with Crippen LogP contribution in [0.4, 0.5) is 4.79 Å². The van der Waals surface area contributed by atoms with Crippen LogP contribution in [-0.2, 0) is 17.9 Å². The topological polar surface area (TPSA) is 78.7 Å². The molecule has 160 valence electrons. The van der Waals surface area contributed by atoms with Crippen LogP contribution in [0.2, 0.25) is 0 Å². The second kappa shape index (κ2) is 7.94. The molecule has 0 aliphatic carbocycles.